The van der Waals surface area contributed by atoms with Crippen molar-refractivity contribution in [1.82, 2.24) is 5.32 Å². The third-order valence-electron chi connectivity index (χ3n) is 2.80. The molecule has 17 heavy (non-hydrogen) atoms. The summed E-state index contributed by atoms with van der Waals surface area (Å²) in [6, 6.07) is 6.71. The number of thioether (sulfide) groups is 1. The summed E-state index contributed by atoms with van der Waals surface area (Å²) in [4.78, 5) is 1.42. The molecule has 0 amide bonds. The van der Waals surface area contributed by atoms with Crippen LogP contribution in [0.5, 0.6) is 0 Å². The summed E-state index contributed by atoms with van der Waals surface area (Å²) in [5.41, 5.74) is 2.75. The zero-order valence-electron chi connectivity index (χ0n) is 11.5. The van der Waals surface area contributed by atoms with E-state index in [0.717, 1.165) is 13.1 Å². The molecule has 96 valence electrons. The average molecular weight is 251 g/mol. The summed E-state index contributed by atoms with van der Waals surface area (Å²) in [7, 11) is 0. The molecule has 1 rings (SSSR count). The number of rotatable bonds is 7. The maximum Gasteiger partial charge on any atom is 0.0191 e. The number of hydrogen-bond donors (Lipinski definition) is 1. The van der Waals surface area contributed by atoms with E-state index in [-0.39, 0.29) is 0 Å². The Kier molecular flexibility index (Phi) is 6.68. The average Bonchev–Trinajstić information content (AvgIpc) is 2.28. The van der Waals surface area contributed by atoms with E-state index in [1.807, 2.05) is 11.8 Å². The van der Waals surface area contributed by atoms with Crippen LogP contribution in [-0.2, 0) is 0 Å². The summed E-state index contributed by atoms with van der Waals surface area (Å²) in [6.45, 7) is 11.1. The van der Waals surface area contributed by atoms with E-state index in [4.69, 9.17) is 0 Å². The lowest BCUT2D eigenvalue weighted by Gasteiger charge is -2.14. The van der Waals surface area contributed by atoms with Gasteiger partial charge in [-0.3, -0.25) is 0 Å². The Bertz CT molecular complexity index is 336. The van der Waals surface area contributed by atoms with E-state index in [0.29, 0.717) is 5.25 Å². The maximum absolute atomic E-state index is 3.52. The number of nitrogens with one attached hydrogen (secondary N) is 1. The van der Waals surface area contributed by atoms with Gasteiger partial charge in [-0.05, 0) is 38.4 Å². The first-order valence-corrected chi connectivity index (χ1v) is 7.46. The topological polar surface area (TPSA) is 12.0 Å². The van der Waals surface area contributed by atoms with E-state index in [1.165, 1.54) is 28.9 Å². The van der Waals surface area contributed by atoms with Crippen molar-refractivity contribution in [3.63, 3.8) is 0 Å². The predicted molar refractivity (Wildman–Crippen MR) is 79.0 cm³/mol. The first-order chi connectivity index (χ1) is 8.13. The maximum atomic E-state index is 3.52. The van der Waals surface area contributed by atoms with Gasteiger partial charge in [0.2, 0.25) is 0 Å². The first-order valence-electron chi connectivity index (χ1n) is 6.58. The van der Waals surface area contributed by atoms with Gasteiger partial charge in [0.05, 0.1) is 0 Å². The highest BCUT2D eigenvalue weighted by Crippen LogP contribution is 2.26. The largest absolute Gasteiger partial charge is 0.316 e. The van der Waals surface area contributed by atoms with Gasteiger partial charge < -0.3 is 5.32 Å². The van der Waals surface area contributed by atoms with Gasteiger partial charge in [0.25, 0.3) is 0 Å². The minimum atomic E-state index is 0.633. The third-order valence-corrected chi connectivity index (χ3v) is 4.08. The van der Waals surface area contributed by atoms with Crippen molar-refractivity contribution in [3.05, 3.63) is 29.3 Å². The molecule has 1 aromatic rings. The molecule has 0 bridgehead atoms. The normalized spacial score (nSPS) is 12.7. The highest BCUT2D eigenvalue weighted by molar-refractivity contribution is 8.00. The van der Waals surface area contributed by atoms with Crippen molar-refractivity contribution >= 4 is 11.8 Å². The van der Waals surface area contributed by atoms with Crippen molar-refractivity contribution in [1.29, 1.82) is 0 Å². The Balaban J connectivity index is 2.37. The van der Waals surface area contributed by atoms with Crippen molar-refractivity contribution < 1.29 is 0 Å². The minimum Gasteiger partial charge on any atom is -0.316 e. The Morgan fingerprint density at radius 3 is 2.71 bits per heavy atom. The van der Waals surface area contributed by atoms with E-state index in [9.17, 15) is 0 Å². The highest BCUT2D eigenvalue weighted by atomic mass is 32.2. The molecule has 1 unspecified atom stereocenters. The number of aryl methyl sites for hydroxylation is 2. The second-order valence-corrected chi connectivity index (χ2v) is 6.24. The van der Waals surface area contributed by atoms with Crippen LogP contribution in [0.4, 0.5) is 0 Å². The van der Waals surface area contributed by atoms with Gasteiger partial charge in [-0.15, -0.1) is 11.8 Å². The second-order valence-electron chi connectivity index (χ2n) is 4.76. The molecular formula is C15H25NS. The van der Waals surface area contributed by atoms with Crippen LogP contribution in [0.1, 0.15) is 37.8 Å². The molecule has 0 aliphatic carbocycles. The zero-order chi connectivity index (χ0) is 12.7. The molecule has 1 atom stereocenters. The van der Waals surface area contributed by atoms with E-state index >= 15 is 0 Å². The molecule has 2 heteroatoms. The fourth-order valence-electron chi connectivity index (χ4n) is 1.80. The van der Waals surface area contributed by atoms with Crippen LogP contribution in [0.2, 0.25) is 0 Å². The van der Waals surface area contributed by atoms with Gasteiger partial charge in [0.1, 0.15) is 0 Å². The summed E-state index contributed by atoms with van der Waals surface area (Å²) in [5, 5.41) is 4.15. The standard InChI is InChI=1S/C15H25NS/c1-5-6-9-16-11-14(4)17-15-8-7-12(2)10-13(15)3/h7-8,10,14,16H,5-6,9,11H2,1-4H3. The van der Waals surface area contributed by atoms with Crippen LogP contribution in [-0.4, -0.2) is 18.3 Å². The fourth-order valence-corrected chi connectivity index (χ4v) is 2.82. The molecule has 0 saturated heterocycles. The molecule has 0 fully saturated rings. The summed E-state index contributed by atoms with van der Waals surface area (Å²) in [5.74, 6) is 0. The molecule has 1 aromatic carbocycles. The van der Waals surface area contributed by atoms with Crippen LogP contribution >= 0.6 is 11.8 Å². The SMILES string of the molecule is CCCCNCC(C)Sc1ccc(C)cc1C. The Morgan fingerprint density at radius 2 is 2.06 bits per heavy atom. The molecule has 0 spiro atoms. The summed E-state index contributed by atoms with van der Waals surface area (Å²) in [6.07, 6.45) is 2.55. The Labute approximate surface area is 110 Å². The smallest absolute Gasteiger partial charge is 0.0191 e. The van der Waals surface area contributed by atoms with Crippen molar-refractivity contribution in [2.75, 3.05) is 13.1 Å². The molecule has 1 N–H and O–H groups in total. The molecular weight excluding hydrogens is 226 g/mol. The monoisotopic (exact) mass is 251 g/mol. The Hall–Kier alpha value is -0.470. The molecule has 1 nitrogen and oxygen atoms in total. The lowest BCUT2D eigenvalue weighted by atomic mass is 10.2. The lowest BCUT2D eigenvalue weighted by molar-refractivity contribution is 0.638. The quantitative estimate of drug-likeness (QED) is 0.576. The first kappa shape index (κ1) is 14.6. The van der Waals surface area contributed by atoms with Crippen molar-refractivity contribution in [2.45, 2.75) is 50.7 Å². The van der Waals surface area contributed by atoms with Crippen LogP contribution in [0.3, 0.4) is 0 Å². The fraction of sp³-hybridized carbons (Fsp3) is 0.600. The third kappa shape index (κ3) is 5.60. The molecule has 0 saturated carbocycles. The van der Waals surface area contributed by atoms with Crippen LogP contribution < -0.4 is 5.32 Å². The van der Waals surface area contributed by atoms with Crippen LogP contribution in [0.25, 0.3) is 0 Å². The molecule has 0 aromatic heterocycles. The lowest BCUT2D eigenvalue weighted by Crippen LogP contribution is -2.23. The van der Waals surface area contributed by atoms with E-state index in [2.05, 4.69) is 51.2 Å². The number of unbranched alkanes of at least 4 members (excludes halogenated alkanes) is 1. The Morgan fingerprint density at radius 1 is 1.29 bits per heavy atom. The molecule has 0 heterocycles. The van der Waals surface area contributed by atoms with Gasteiger partial charge in [0.15, 0.2) is 0 Å². The zero-order valence-corrected chi connectivity index (χ0v) is 12.4. The summed E-state index contributed by atoms with van der Waals surface area (Å²) >= 11 is 1.97. The van der Waals surface area contributed by atoms with Crippen LogP contribution in [0.15, 0.2) is 23.1 Å². The number of hydrogen-bond acceptors (Lipinski definition) is 2. The van der Waals surface area contributed by atoms with Gasteiger partial charge in [0, 0.05) is 16.7 Å². The highest BCUT2D eigenvalue weighted by Gasteiger charge is 2.06. The molecule has 0 aliphatic heterocycles. The van der Waals surface area contributed by atoms with Gasteiger partial charge >= 0.3 is 0 Å². The van der Waals surface area contributed by atoms with E-state index in [1.54, 1.807) is 0 Å². The summed E-state index contributed by atoms with van der Waals surface area (Å²) < 4.78 is 0. The van der Waals surface area contributed by atoms with Crippen molar-refractivity contribution in [2.24, 2.45) is 0 Å². The van der Waals surface area contributed by atoms with Gasteiger partial charge in [-0.2, -0.15) is 0 Å². The van der Waals surface area contributed by atoms with Crippen molar-refractivity contribution in [3.8, 4) is 0 Å². The van der Waals surface area contributed by atoms with E-state index < -0.39 is 0 Å². The van der Waals surface area contributed by atoms with Crippen LogP contribution in [0, 0.1) is 13.8 Å². The minimum absolute atomic E-state index is 0.633. The van der Waals surface area contributed by atoms with Gasteiger partial charge in [-0.1, -0.05) is 38.0 Å². The molecule has 0 radical (unpaired) electrons. The number of benzene rings is 1. The van der Waals surface area contributed by atoms with Gasteiger partial charge in [-0.25, -0.2) is 0 Å². The molecule has 0 aliphatic rings. The second kappa shape index (κ2) is 7.78. The predicted octanol–water partition coefficient (Wildman–Crippen LogP) is 4.17.